The average Bonchev–Trinajstić information content (AvgIpc) is 3.68. The first-order valence-electron chi connectivity index (χ1n) is 22.7. The van der Waals surface area contributed by atoms with E-state index in [0.717, 1.165) is 0 Å². The lowest BCUT2D eigenvalue weighted by molar-refractivity contribution is 0.769. The molecule has 0 bridgehead atoms. The molecule has 0 spiro atoms. The molecule has 0 radical (unpaired) electrons. The lowest BCUT2D eigenvalue weighted by Crippen LogP contribution is -2.28. The molecule has 0 heterocycles. The number of benzene rings is 12. The summed E-state index contributed by atoms with van der Waals surface area (Å²) < 4.78 is 0. The van der Waals surface area contributed by atoms with Crippen LogP contribution in [0.5, 0.6) is 0 Å². The first kappa shape index (κ1) is 37.3. The fourth-order valence-corrected chi connectivity index (χ4v) is 11.2. The van der Waals surface area contributed by atoms with E-state index in [0.29, 0.717) is 0 Å². The molecular formula is C65H42. The van der Waals surface area contributed by atoms with Gasteiger partial charge in [0, 0.05) is 0 Å². The van der Waals surface area contributed by atoms with Crippen molar-refractivity contribution in [3.05, 3.63) is 277 Å². The minimum absolute atomic E-state index is 0.580. The van der Waals surface area contributed by atoms with Gasteiger partial charge in [-0.2, -0.15) is 0 Å². The summed E-state index contributed by atoms with van der Waals surface area (Å²) in [6.45, 7) is 0. The van der Waals surface area contributed by atoms with Crippen LogP contribution in [0.15, 0.2) is 255 Å². The van der Waals surface area contributed by atoms with Gasteiger partial charge in [-0.1, -0.05) is 218 Å². The second kappa shape index (κ2) is 14.9. The van der Waals surface area contributed by atoms with Crippen molar-refractivity contribution in [1.82, 2.24) is 0 Å². The molecule has 302 valence electrons. The molecule has 12 aromatic carbocycles. The van der Waals surface area contributed by atoms with Gasteiger partial charge in [0.1, 0.15) is 0 Å². The molecule has 0 atom stereocenters. The summed E-state index contributed by atoms with van der Waals surface area (Å²) in [5.41, 5.74) is 16.9. The Morgan fingerprint density at radius 3 is 0.985 bits per heavy atom. The highest BCUT2D eigenvalue weighted by atomic mass is 14.5. The van der Waals surface area contributed by atoms with E-state index < -0.39 is 5.41 Å². The predicted molar refractivity (Wildman–Crippen MR) is 276 cm³/mol. The first-order valence-corrected chi connectivity index (χ1v) is 22.7. The quantitative estimate of drug-likeness (QED) is 0.157. The van der Waals surface area contributed by atoms with Crippen LogP contribution in [0.4, 0.5) is 0 Å². The normalized spacial score (nSPS) is 12.7. The van der Waals surface area contributed by atoms with E-state index in [1.807, 2.05) is 0 Å². The Kier molecular flexibility index (Phi) is 8.54. The summed E-state index contributed by atoms with van der Waals surface area (Å²) in [5, 5.41) is 10.0. The standard InChI is InChI=1S/C65H42/c1-3-23-51(24-4-1)65(52-25-5-2-6-26-52)63-41-45(49-37-47-19-9-13-29-55(47)61(39-49)57-31-15-21-43-17-7-11-27-53(43)57)33-35-59(63)60-36-34-46(42-64(60)65)50-38-48-20-10-14-30-56(48)62(40-50)58-32-16-22-44-18-8-12-28-54(44)58/h1-42H. The summed E-state index contributed by atoms with van der Waals surface area (Å²) in [6.07, 6.45) is 0. The fourth-order valence-electron chi connectivity index (χ4n) is 11.2. The van der Waals surface area contributed by atoms with E-state index >= 15 is 0 Å². The second-order valence-corrected chi connectivity index (χ2v) is 17.5. The van der Waals surface area contributed by atoms with Gasteiger partial charge in [-0.3, -0.25) is 0 Å². The van der Waals surface area contributed by atoms with Crippen LogP contribution in [0.25, 0.3) is 98.7 Å². The molecule has 0 unspecified atom stereocenters. The lowest BCUT2D eigenvalue weighted by atomic mass is 9.67. The van der Waals surface area contributed by atoms with Gasteiger partial charge in [0.15, 0.2) is 0 Å². The second-order valence-electron chi connectivity index (χ2n) is 17.5. The zero-order valence-electron chi connectivity index (χ0n) is 35.7. The Bertz CT molecular complexity index is 3560. The Balaban J connectivity index is 1.05. The van der Waals surface area contributed by atoms with Gasteiger partial charge in [-0.25, -0.2) is 0 Å². The number of hydrogen-bond donors (Lipinski definition) is 0. The molecule has 13 rings (SSSR count). The van der Waals surface area contributed by atoms with Crippen molar-refractivity contribution < 1.29 is 0 Å². The van der Waals surface area contributed by atoms with Crippen LogP contribution < -0.4 is 0 Å². The van der Waals surface area contributed by atoms with Gasteiger partial charge >= 0.3 is 0 Å². The summed E-state index contributed by atoms with van der Waals surface area (Å²) in [6, 6.07) is 95.0. The molecule has 0 nitrogen and oxygen atoms in total. The van der Waals surface area contributed by atoms with Crippen LogP contribution >= 0.6 is 0 Å². The number of fused-ring (bicyclic) bond motifs is 7. The molecule has 1 aliphatic carbocycles. The van der Waals surface area contributed by atoms with Crippen LogP contribution in [-0.4, -0.2) is 0 Å². The van der Waals surface area contributed by atoms with Crippen LogP contribution in [0.1, 0.15) is 22.3 Å². The molecule has 0 N–H and O–H groups in total. The summed E-state index contributed by atoms with van der Waals surface area (Å²) in [5.74, 6) is 0. The Labute approximate surface area is 379 Å². The van der Waals surface area contributed by atoms with Crippen molar-refractivity contribution in [2.24, 2.45) is 0 Å². The molecule has 0 amide bonds. The van der Waals surface area contributed by atoms with Crippen molar-refractivity contribution in [2.75, 3.05) is 0 Å². The van der Waals surface area contributed by atoms with Gasteiger partial charge in [0.2, 0.25) is 0 Å². The molecule has 0 fully saturated rings. The van der Waals surface area contributed by atoms with Crippen molar-refractivity contribution >= 4 is 43.1 Å². The fraction of sp³-hybridized carbons (Fsp3) is 0.0154. The Morgan fingerprint density at radius 1 is 0.200 bits per heavy atom. The minimum atomic E-state index is -0.580. The van der Waals surface area contributed by atoms with E-state index in [1.54, 1.807) is 0 Å². The maximum atomic E-state index is 2.50. The highest BCUT2D eigenvalue weighted by Crippen LogP contribution is 2.58. The summed E-state index contributed by atoms with van der Waals surface area (Å²) >= 11 is 0. The van der Waals surface area contributed by atoms with Crippen LogP contribution in [0, 0.1) is 0 Å². The molecule has 0 aromatic heterocycles. The Hall–Kier alpha value is -8.32. The van der Waals surface area contributed by atoms with E-state index in [2.05, 4.69) is 255 Å². The summed E-state index contributed by atoms with van der Waals surface area (Å²) in [4.78, 5) is 0. The van der Waals surface area contributed by atoms with Gasteiger partial charge in [0.05, 0.1) is 5.41 Å². The largest absolute Gasteiger partial charge is 0.0713 e. The third kappa shape index (κ3) is 5.84. The minimum Gasteiger partial charge on any atom is -0.0622 e. The van der Waals surface area contributed by atoms with Gasteiger partial charge in [-0.15, -0.1) is 0 Å². The molecule has 0 heteroatoms. The van der Waals surface area contributed by atoms with E-state index in [4.69, 9.17) is 0 Å². The topological polar surface area (TPSA) is 0 Å². The van der Waals surface area contributed by atoms with Gasteiger partial charge in [-0.05, 0) is 157 Å². The monoisotopic (exact) mass is 822 g/mol. The Morgan fingerprint density at radius 2 is 0.554 bits per heavy atom. The SMILES string of the molecule is c1ccc(C2(c3ccccc3)c3cc(-c4cc(-c5cccc6ccccc56)c5ccccc5c4)ccc3-c3ccc(-c4cc(-c5cccc6ccccc56)c5ccccc5c4)cc32)cc1. The van der Waals surface area contributed by atoms with Gasteiger partial charge < -0.3 is 0 Å². The van der Waals surface area contributed by atoms with Crippen molar-refractivity contribution in [1.29, 1.82) is 0 Å². The van der Waals surface area contributed by atoms with Crippen molar-refractivity contribution in [2.45, 2.75) is 5.41 Å². The molecule has 0 saturated carbocycles. The van der Waals surface area contributed by atoms with E-state index in [9.17, 15) is 0 Å². The molecule has 0 aliphatic heterocycles. The molecule has 12 aromatic rings. The smallest absolute Gasteiger partial charge is 0.0622 e. The molecule has 65 heavy (non-hydrogen) atoms. The van der Waals surface area contributed by atoms with E-state index in [-0.39, 0.29) is 0 Å². The molecular weight excluding hydrogens is 781 g/mol. The van der Waals surface area contributed by atoms with E-state index in [1.165, 1.54) is 121 Å². The first-order chi connectivity index (χ1) is 32.2. The zero-order valence-corrected chi connectivity index (χ0v) is 35.7. The third-order valence-electron chi connectivity index (χ3n) is 14.1. The predicted octanol–water partition coefficient (Wildman–Crippen LogP) is 17.3. The third-order valence-corrected chi connectivity index (χ3v) is 14.1. The zero-order chi connectivity index (χ0) is 42.9. The van der Waals surface area contributed by atoms with Gasteiger partial charge in [0.25, 0.3) is 0 Å². The number of hydrogen-bond acceptors (Lipinski definition) is 0. The van der Waals surface area contributed by atoms with Crippen molar-refractivity contribution in [3.63, 3.8) is 0 Å². The summed E-state index contributed by atoms with van der Waals surface area (Å²) in [7, 11) is 0. The average molecular weight is 823 g/mol. The highest BCUT2D eigenvalue weighted by Gasteiger charge is 2.46. The highest BCUT2D eigenvalue weighted by molar-refractivity contribution is 6.09. The van der Waals surface area contributed by atoms with Crippen LogP contribution in [0.3, 0.4) is 0 Å². The lowest BCUT2D eigenvalue weighted by Gasteiger charge is -2.34. The van der Waals surface area contributed by atoms with Crippen molar-refractivity contribution in [3.8, 4) is 55.6 Å². The maximum Gasteiger partial charge on any atom is 0.0713 e. The van der Waals surface area contributed by atoms with Crippen LogP contribution in [-0.2, 0) is 5.41 Å². The molecule has 0 saturated heterocycles. The number of rotatable bonds is 6. The van der Waals surface area contributed by atoms with Crippen LogP contribution in [0.2, 0.25) is 0 Å². The maximum absolute atomic E-state index is 2.50. The molecule has 1 aliphatic rings.